The van der Waals surface area contributed by atoms with Gasteiger partial charge in [0.15, 0.2) is 0 Å². The zero-order valence-corrected chi connectivity index (χ0v) is 10.5. The Kier molecular flexibility index (Phi) is 5.70. The number of carboxylic acids is 1. The largest absolute Gasteiger partial charge is 0.480 e. The molecular weight excluding hydrogens is 214 g/mol. The Morgan fingerprint density at radius 1 is 1.35 bits per heavy atom. The molecular formula is C14H21NO2. The molecule has 17 heavy (non-hydrogen) atoms. The van der Waals surface area contributed by atoms with E-state index in [0.717, 1.165) is 6.42 Å². The molecule has 2 unspecified atom stereocenters. The summed E-state index contributed by atoms with van der Waals surface area (Å²) in [6.45, 7) is 4.80. The topological polar surface area (TPSA) is 49.3 Å². The van der Waals surface area contributed by atoms with Gasteiger partial charge in [-0.25, -0.2) is 0 Å². The summed E-state index contributed by atoms with van der Waals surface area (Å²) in [4.78, 5) is 11.0. The standard InChI is InChI=1S/C14H21NO2/c1-3-7-13(14(16)17)15-10-11(2)12-8-5-4-6-9-12/h4-6,8-9,11,13,15H,3,7,10H2,1-2H3,(H,16,17). The molecule has 0 radical (unpaired) electrons. The Morgan fingerprint density at radius 3 is 2.53 bits per heavy atom. The van der Waals surface area contributed by atoms with Crippen LogP contribution < -0.4 is 5.32 Å². The molecule has 2 N–H and O–H groups in total. The number of carboxylic acid groups (broad SMARTS) is 1. The van der Waals surface area contributed by atoms with Crippen LogP contribution in [-0.2, 0) is 4.79 Å². The van der Waals surface area contributed by atoms with Crippen LogP contribution in [0.25, 0.3) is 0 Å². The summed E-state index contributed by atoms with van der Waals surface area (Å²) in [5.41, 5.74) is 1.24. The van der Waals surface area contributed by atoms with Crippen molar-refractivity contribution in [3.8, 4) is 0 Å². The molecule has 1 rings (SSSR count). The van der Waals surface area contributed by atoms with Crippen molar-refractivity contribution in [2.45, 2.75) is 38.6 Å². The highest BCUT2D eigenvalue weighted by atomic mass is 16.4. The van der Waals surface area contributed by atoms with Crippen molar-refractivity contribution in [2.75, 3.05) is 6.54 Å². The third-order valence-electron chi connectivity index (χ3n) is 2.91. The van der Waals surface area contributed by atoms with E-state index in [1.807, 2.05) is 25.1 Å². The van der Waals surface area contributed by atoms with Crippen LogP contribution in [0.1, 0.15) is 38.2 Å². The van der Waals surface area contributed by atoms with E-state index >= 15 is 0 Å². The van der Waals surface area contributed by atoms with Crippen molar-refractivity contribution >= 4 is 5.97 Å². The molecule has 0 heterocycles. The van der Waals surface area contributed by atoms with E-state index in [1.165, 1.54) is 5.56 Å². The van der Waals surface area contributed by atoms with Gasteiger partial charge in [0.25, 0.3) is 0 Å². The van der Waals surface area contributed by atoms with E-state index < -0.39 is 12.0 Å². The lowest BCUT2D eigenvalue weighted by molar-refractivity contribution is -0.139. The van der Waals surface area contributed by atoms with Crippen LogP contribution >= 0.6 is 0 Å². The molecule has 2 atom stereocenters. The Labute approximate surface area is 103 Å². The lowest BCUT2D eigenvalue weighted by Crippen LogP contribution is -2.38. The molecule has 1 aromatic carbocycles. The van der Waals surface area contributed by atoms with Gasteiger partial charge in [-0.15, -0.1) is 0 Å². The summed E-state index contributed by atoms with van der Waals surface area (Å²) >= 11 is 0. The van der Waals surface area contributed by atoms with Gasteiger partial charge in [-0.1, -0.05) is 50.6 Å². The van der Waals surface area contributed by atoms with Crippen molar-refractivity contribution in [3.05, 3.63) is 35.9 Å². The summed E-state index contributed by atoms with van der Waals surface area (Å²) in [5, 5.41) is 12.1. The first-order valence-corrected chi connectivity index (χ1v) is 6.16. The average Bonchev–Trinajstić information content (AvgIpc) is 2.34. The molecule has 0 aliphatic carbocycles. The predicted molar refractivity (Wildman–Crippen MR) is 69.2 cm³/mol. The Balaban J connectivity index is 2.46. The summed E-state index contributed by atoms with van der Waals surface area (Å²) in [6, 6.07) is 9.72. The molecule has 3 nitrogen and oxygen atoms in total. The number of nitrogens with one attached hydrogen (secondary N) is 1. The van der Waals surface area contributed by atoms with E-state index in [1.54, 1.807) is 0 Å². The Hall–Kier alpha value is -1.35. The normalized spacial score (nSPS) is 14.2. The third-order valence-corrected chi connectivity index (χ3v) is 2.91. The van der Waals surface area contributed by atoms with Crippen LogP contribution in [0.15, 0.2) is 30.3 Å². The number of benzene rings is 1. The molecule has 1 aromatic rings. The lowest BCUT2D eigenvalue weighted by atomic mass is 10.0. The molecule has 3 heteroatoms. The number of rotatable bonds is 7. The maximum Gasteiger partial charge on any atom is 0.320 e. The number of carbonyl (C=O) groups is 1. The number of hydrogen-bond acceptors (Lipinski definition) is 2. The van der Waals surface area contributed by atoms with Gasteiger partial charge >= 0.3 is 5.97 Å². The van der Waals surface area contributed by atoms with E-state index in [2.05, 4.69) is 24.4 Å². The van der Waals surface area contributed by atoms with E-state index in [0.29, 0.717) is 18.9 Å². The van der Waals surface area contributed by atoms with Crippen molar-refractivity contribution in [2.24, 2.45) is 0 Å². The molecule has 0 saturated carbocycles. The van der Waals surface area contributed by atoms with Crippen LogP contribution in [0.2, 0.25) is 0 Å². The SMILES string of the molecule is CCCC(NCC(C)c1ccccc1)C(=O)O. The second kappa shape index (κ2) is 7.07. The van der Waals surface area contributed by atoms with Gasteiger partial charge < -0.3 is 10.4 Å². The van der Waals surface area contributed by atoms with Crippen molar-refractivity contribution < 1.29 is 9.90 Å². The monoisotopic (exact) mass is 235 g/mol. The highest BCUT2D eigenvalue weighted by molar-refractivity contribution is 5.73. The van der Waals surface area contributed by atoms with Crippen LogP contribution in [0.4, 0.5) is 0 Å². The van der Waals surface area contributed by atoms with Gasteiger partial charge in [0.1, 0.15) is 6.04 Å². The Morgan fingerprint density at radius 2 is 2.00 bits per heavy atom. The second-order valence-corrected chi connectivity index (χ2v) is 4.40. The molecule has 0 aliphatic heterocycles. The van der Waals surface area contributed by atoms with Gasteiger partial charge in [-0.3, -0.25) is 4.79 Å². The smallest absolute Gasteiger partial charge is 0.320 e. The molecule has 0 bridgehead atoms. The third kappa shape index (κ3) is 4.57. The van der Waals surface area contributed by atoms with Gasteiger partial charge in [-0.05, 0) is 17.9 Å². The minimum atomic E-state index is -0.757. The first kappa shape index (κ1) is 13.7. The fraction of sp³-hybridized carbons (Fsp3) is 0.500. The molecule has 0 fully saturated rings. The first-order valence-electron chi connectivity index (χ1n) is 6.16. The highest BCUT2D eigenvalue weighted by Crippen LogP contribution is 2.13. The number of hydrogen-bond donors (Lipinski definition) is 2. The van der Waals surface area contributed by atoms with Crippen LogP contribution in [0.3, 0.4) is 0 Å². The van der Waals surface area contributed by atoms with Gasteiger partial charge in [0.05, 0.1) is 0 Å². The quantitative estimate of drug-likeness (QED) is 0.764. The molecule has 0 aliphatic rings. The Bertz CT molecular complexity index is 337. The van der Waals surface area contributed by atoms with Gasteiger partial charge in [-0.2, -0.15) is 0 Å². The maximum absolute atomic E-state index is 11.0. The molecule has 94 valence electrons. The molecule has 0 saturated heterocycles. The van der Waals surface area contributed by atoms with E-state index in [9.17, 15) is 4.79 Å². The average molecular weight is 235 g/mol. The van der Waals surface area contributed by atoms with Gasteiger partial charge in [0.2, 0.25) is 0 Å². The maximum atomic E-state index is 11.0. The summed E-state index contributed by atoms with van der Waals surface area (Å²) in [7, 11) is 0. The lowest BCUT2D eigenvalue weighted by Gasteiger charge is -2.17. The summed E-state index contributed by atoms with van der Waals surface area (Å²) in [6.07, 6.45) is 1.56. The zero-order chi connectivity index (χ0) is 12.7. The first-order chi connectivity index (χ1) is 8.15. The van der Waals surface area contributed by atoms with Crippen LogP contribution in [-0.4, -0.2) is 23.7 Å². The zero-order valence-electron chi connectivity index (χ0n) is 10.5. The highest BCUT2D eigenvalue weighted by Gasteiger charge is 2.16. The van der Waals surface area contributed by atoms with Crippen LogP contribution in [0.5, 0.6) is 0 Å². The van der Waals surface area contributed by atoms with Crippen molar-refractivity contribution in [1.29, 1.82) is 0 Å². The fourth-order valence-corrected chi connectivity index (χ4v) is 1.82. The van der Waals surface area contributed by atoms with Gasteiger partial charge in [0, 0.05) is 6.54 Å². The minimum Gasteiger partial charge on any atom is -0.480 e. The van der Waals surface area contributed by atoms with Crippen LogP contribution in [0, 0.1) is 0 Å². The van der Waals surface area contributed by atoms with Crippen molar-refractivity contribution in [3.63, 3.8) is 0 Å². The van der Waals surface area contributed by atoms with Crippen molar-refractivity contribution in [1.82, 2.24) is 5.32 Å². The summed E-state index contributed by atoms with van der Waals surface area (Å²) < 4.78 is 0. The summed E-state index contributed by atoms with van der Waals surface area (Å²) in [5.74, 6) is -0.429. The second-order valence-electron chi connectivity index (χ2n) is 4.40. The van der Waals surface area contributed by atoms with E-state index in [-0.39, 0.29) is 0 Å². The molecule has 0 amide bonds. The molecule has 0 spiro atoms. The molecule has 0 aromatic heterocycles. The number of aliphatic carboxylic acids is 1. The fourth-order valence-electron chi connectivity index (χ4n) is 1.82. The minimum absolute atomic E-state index is 0.329. The van der Waals surface area contributed by atoms with E-state index in [4.69, 9.17) is 5.11 Å². The predicted octanol–water partition coefficient (Wildman–Crippen LogP) is 2.63.